The monoisotopic (exact) mass is 298 g/mol. The van der Waals surface area contributed by atoms with Crippen molar-refractivity contribution in [1.29, 1.82) is 0 Å². The quantitative estimate of drug-likeness (QED) is 0.673. The van der Waals surface area contributed by atoms with Crippen LogP contribution in [0.25, 0.3) is 0 Å². The number of rotatable bonds is 4. The van der Waals surface area contributed by atoms with Crippen molar-refractivity contribution in [1.82, 2.24) is 5.48 Å². The highest BCUT2D eigenvalue weighted by Gasteiger charge is 2.14. The van der Waals surface area contributed by atoms with Gasteiger partial charge in [0.15, 0.2) is 0 Å². The molecule has 0 atom stereocenters. The summed E-state index contributed by atoms with van der Waals surface area (Å²) in [6.45, 7) is 2.08. The average molecular weight is 298 g/mol. The number of nitrogens with one attached hydrogen (secondary N) is 1. The Morgan fingerprint density at radius 3 is 2.05 bits per heavy atom. The summed E-state index contributed by atoms with van der Waals surface area (Å²) in [5, 5.41) is 8.57. The number of carbonyl (C=O) groups is 2. The van der Waals surface area contributed by atoms with E-state index in [1.807, 2.05) is 24.3 Å². The zero-order chi connectivity index (χ0) is 16.1. The van der Waals surface area contributed by atoms with Crippen molar-refractivity contribution < 1.29 is 14.8 Å². The van der Waals surface area contributed by atoms with Gasteiger partial charge in [0.2, 0.25) is 0 Å². The van der Waals surface area contributed by atoms with Crippen LogP contribution in [0.4, 0.5) is 5.69 Å². The fraction of sp³-hybridized carbons (Fsp3) is 0.176. The minimum Gasteiger partial charge on any atom is -0.311 e. The maximum Gasteiger partial charge on any atom is 0.274 e. The van der Waals surface area contributed by atoms with Crippen LogP contribution in [0.15, 0.2) is 48.5 Å². The summed E-state index contributed by atoms with van der Waals surface area (Å²) in [5.41, 5.74) is 4.33. The highest BCUT2D eigenvalue weighted by Crippen LogP contribution is 2.17. The van der Waals surface area contributed by atoms with E-state index in [2.05, 4.69) is 6.92 Å². The lowest BCUT2D eigenvalue weighted by molar-refractivity contribution is 0.0706. The highest BCUT2D eigenvalue weighted by molar-refractivity contribution is 6.06. The number of anilines is 1. The highest BCUT2D eigenvalue weighted by atomic mass is 16.5. The fourth-order valence-corrected chi connectivity index (χ4v) is 2.09. The number of amides is 2. The summed E-state index contributed by atoms with van der Waals surface area (Å²) in [4.78, 5) is 25.2. The van der Waals surface area contributed by atoms with Crippen molar-refractivity contribution >= 4 is 17.5 Å². The molecule has 0 saturated heterocycles. The van der Waals surface area contributed by atoms with E-state index in [4.69, 9.17) is 5.21 Å². The minimum atomic E-state index is -0.609. The number of carbonyl (C=O) groups excluding carboxylic acids is 2. The maximum absolute atomic E-state index is 12.4. The third kappa shape index (κ3) is 3.32. The first-order valence-corrected chi connectivity index (χ1v) is 6.98. The van der Waals surface area contributed by atoms with Crippen molar-refractivity contribution in [2.75, 3.05) is 11.9 Å². The SMILES string of the molecule is CCc1ccc(N(C)C(=O)c2ccc(C(=O)NO)cc2)cc1. The molecule has 2 N–H and O–H groups in total. The first-order valence-electron chi connectivity index (χ1n) is 6.98. The molecule has 0 aliphatic carbocycles. The molecule has 0 aromatic heterocycles. The number of nitrogens with zero attached hydrogens (tertiary/aromatic N) is 1. The van der Waals surface area contributed by atoms with Crippen LogP contribution in [-0.2, 0) is 6.42 Å². The first-order chi connectivity index (χ1) is 10.6. The molecule has 2 rings (SSSR count). The van der Waals surface area contributed by atoms with E-state index in [0.717, 1.165) is 12.1 Å². The van der Waals surface area contributed by atoms with E-state index in [1.165, 1.54) is 17.7 Å². The second-order valence-electron chi connectivity index (χ2n) is 4.90. The third-order valence-electron chi connectivity index (χ3n) is 3.53. The molecule has 0 heterocycles. The second-order valence-corrected chi connectivity index (χ2v) is 4.90. The Labute approximate surface area is 129 Å². The van der Waals surface area contributed by atoms with Gasteiger partial charge in [-0.15, -0.1) is 0 Å². The lowest BCUT2D eigenvalue weighted by Crippen LogP contribution is -2.26. The molecule has 22 heavy (non-hydrogen) atoms. The molecule has 2 aromatic rings. The Morgan fingerprint density at radius 1 is 1.00 bits per heavy atom. The van der Waals surface area contributed by atoms with E-state index in [-0.39, 0.29) is 11.5 Å². The Balaban J connectivity index is 2.17. The van der Waals surface area contributed by atoms with Gasteiger partial charge in [-0.25, -0.2) is 5.48 Å². The fourth-order valence-electron chi connectivity index (χ4n) is 2.09. The molecule has 0 spiro atoms. The van der Waals surface area contributed by atoms with Gasteiger partial charge in [0.05, 0.1) is 0 Å². The number of aryl methyl sites for hydroxylation is 1. The molecule has 5 heteroatoms. The number of hydrogen-bond donors (Lipinski definition) is 2. The van der Waals surface area contributed by atoms with E-state index in [1.54, 1.807) is 29.6 Å². The maximum atomic E-state index is 12.4. The van der Waals surface area contributed by atoms with Gasteiger partial charge in [-0.3, -0.25) is 14.8 Å². The van der Waals surface area contributed by atoms with E-state index in [9.17, 15) is 9.59 Å². The molecular formula is C17H18N2O3. The van der Waals surface area contributed by atoms with E-state index >= 15 is 0 Å². The number of benzene rings is 2. The van der Waals surface area contributed by atoms with Crippen molar-refractivity contribution in [3.63, 3.8) is 0 Å². The molecule has 0 saturated carbocycles. The van der Waals surface area contributed by atoms with Gasteiger partial charge in [0.1, 0.15) is 0 Å². The molecule has 2 aromatic carbocycles. The largest absolute Gasteiger partial charge is 0.311 e. The van der Waals surface area contributed by atoms with Gasteiger partial charge in [-0.1, -0.05) is 19.1 Å². The van der Waals surface area contributed by atoms with Crippen LogP contribution in [0.3, 0.4) is 0 Å². The van der Waals surface area contributed by atoms with Crippen LogP contribution in [-0.4, -0.2) is 24.1 Å². The van der Waals surface area contributed by atoms with Crippen LogP contribution in [0, 0.1) is 0 Å². The van der Waals surface area contributed by atoms with Gasteiger partial charge in [-0.05, 0) is 48.4 Å². The topological polar surface area (TPSA) is 69.6 Å². The van der Waals surface area contributed by atoms with Crippen molar-refractivity contribution in [3.05, 3.63) is 65.2 Å². The summed E-state index contributed by atoms with van der Waals surface area (Å²) in [6.07, 6.45) is 0.951. The van der Waals surface area contributed by atoms with Gasteiger partial charge < -0.3 is 4.90 Å². The van der Waals surface area contributed by atoms with Crippen molar-refractivity contribution in [2.45, 2.75) is 13.3 Å². The van der Waals surface area contributed by atoms with E-state index in [0.29, 0.717) is 5.56 Å². The lowest BCUT2D eigenvalue weighted by atomic mass is 10.1. The smallest absolute Gasteiger partial charge is 0.274 e. The van der Waals surface area contributed by atoms with Crippen LogP contribution in [0.1, 0.15) is 33.2 Å². The number of hydrogen-bond acceptors (Lipinski definition) is 3. The van der Waals surface area contributed by atoms with Gasteiger partial charge >= 0.3 is 0 Å². The molecule has 0 aliphatic heterocycles. The lowest BCUT2D eigenvalue weighted by Gasteiger charge is -2.18. The Bertz CT molecular complexity index is 663. The summed E-state index contributed by atoms with van der Waals surface area (Å²) in [7, 11) is 1.71. The number of hydroxylamine groups is 1. The molecular weight excluding hydrogens is 280 g/mol. The van der Waals surface area contributed by atoms with Gasteiger partial charge in [0, 0.05) is 23.9 Å². The standard InChI is InChI=1S/C17H18N2O3/c1-3-12-4-10-15(11-5-12)19(2)17(21)14-8-6-13(7-9-14)16(20)18-22/h4-11,22H,3H2,1-2H3,(H,18,20). The average Bonchev–Trinajstić information content (AvgIpc) is 2.60. The molecule has 0 radical (unpaired) electrons. The summed E-state index contributed by atoms with van der Waals surface area (Å²) >= 11 is 0. The Hall–Kier alpha value is -2.66. The zero-order valence-electron chi connectivity index (χ0n) is 12.5. The second kappa shape index (κ2) is 6.87. The molecule has 0 aliphatic rings. The molecule has 5 nitrogen and oxygen atoms in total. The summed E-state index contributed by atoms with van der Waals surface area (Å²) in [5.74, 6) is -0.775. The Morgan fingerprint density at radius 2 is 1.55 bits per heavy atom. The molecule has 0 fully saturated rings. The predicted molar refractivity (Wildman–Crippen MR) is 84.2 cm³/mol. The van der Waals surface area contributed by atoms with Crippen molar-refractivity contribution in [2.24, 2.45) is 0 Å². The summed E-state index contributed by atoms with van der Waals surface area (Å²) in [6, 6.07) is 13.9. The molecule has 114 valence electrons. The molecule has 2 amide bonds. The van der Waals surface area contributed by atoms with Crippen molar-refractivity contribution in [3.8, 4) is 0 Å². The zero-order valence-corrected chi connectivity index (χ0v) is 12.5. The predicted octanol–water partition coefficient (Wildman–Crippen LogP) is 2.64. The van der Waals surface area contributed by atoms with Crippen LogP contribution in [0.5, 0.6) is 0 Å². The van der Waals surface area contributed by atoms with Crippen LogP contribution < -0.4 is 10.4 Å². The van der Waals surface area contributed by atoms with Gasteiger partial charge in [-0.2, -0.15) is 0 Å². The Kier molecular flexibility index (Phi) is 4.91. The summed E-state index contributed by atoms with van der Waals surface area (Å²) < 4.78 is 0. The van der Waals surface area contributed by atoms with Gasteiger partial charge in [0.25, 0.3) is 11.8 Å². The third-order valence-corrected chi connectivity index (χ3v) is 3.53. The molecule has 0 bridgehead atoms. The molecule has 0 unspecified atom stereocenters. The first kappa shape index (κ1) is 15.7. The van der Waals surface area contributed by atoms with Crippen LogP contribution in [0.2, 0.25) is 0 Å². The van der Waals surface area contributed by atoms with Crippen LogP contribution >= 0.6 is 0 Å². The normalized spacial score (nSPS) is 10.1. The van der Waals surface area contributed by atoms with E-state index < -0.39 is 5.91 Å². The minimum absolute atomic E-state index is 0.166.